The normalized spacial score (nSPS) is 14.1. The van der Waals surface area contributed by atoms with Crippen LogP contribution in [0, 0.1) is 13.8 Å². The first-order valence-corrected chi connectivity index (χ1v) is 10.3. The predicted molar refractivity (Wildman–Crippen MR) is 104 cm³/mol. The van der Waals surface area contributed by atoms with E-state index in [1.165, 1.54) is 7.05 Å². The van der Waals surface area contributed by atoms with Crippen molar-refractivity contribution < 1.29 is 13.2 Å². The quantitative estimate of drug-likeness (QED) is 0.845. The Hall–Kier alpha value is -2.18. The summed E-state index contributed by atoms with van der Waals surface area (Å²) in [5.74, 6) is -0.350. The fraction of sp³-hybridized carbons (Fsp3) is 0.350. The summed E-state index contributed by atoms with van der Waals surface area (Å²) in [5, 5.41) is 2.96. The van der Waals surface area contributed by atoms with Gasteiger partial charge in [-0.25, -0.2) is 8.42 Å². The maximum absolute atomic E-state index is 13.0. The number of sulfonamides is 1. The average Bonchev–Trinajstić information content (AvgIpc) is 2.54. The molecule has 140 valence electrons. The Bertz CT molecular complexity index is 879. The van der Waals surface area contributed by atoms with E-state index in [0.29, 0.717) is 5.56 Å². The lowest BCUT2D eigenvalue weighted by molar-refractivity contribution is -0.125. The third kappa shape index (κ3) is 4.71. The average molecular weight is 375 g/mol. The highest BCUT2D eigenvalue weighted by Gasteiger charge is 2.31. The van der Waals surface area contributed by atoms with Crippen LogP contribution >= 0.6 is 0 Å². The van der Waals surface area contributed by atoms with Gasteiger partial charge in [0.2, 0.25) is 15.9 Å². The molecule has 5 nitrogen and oxygen atoms in total. The lowest BCUT2D eigenvalue weighted by Gasteiger charge is -2.27. The molecule has 0 radical (unpaired) electrons. The van der Waals surface area contributed by atoms with E-state index < -0.39 is 16.1 Å². The first-order valence-electron chi connectivity index (χ1n) is 8.46. The second kappa shape index (κ2) is 8.01. The predicted octanol–water partition coefficient (Wildman–Crippen LogP) is 3.11. The van der Waals surface area contributed by atoms with Crippen LogP contribution < -0.4 is 5.32 Å². The molecule has 2 atom stereocenters. The van der Waals surface area contributed by atoms with Crippen molar-refractivity contribution in [3.8, 4) is 0 Å². The van der Waals surface area contributed by atoms with Gasteiger partial charge >= 0.3 is 0 Å². The van der Waals surface area contributed by atoms with Crippen LogP contribution in [0.15, 0.2) is 48.5 Å². The van der Waals surface area contributed by atoms with Crippen molar-refractivity contribution in [3.63, 3.8) is 0 Å². The molecule has 0 saturated carbocycles. The zero-order valence-corrected chi connectivity index (χ0v) is 16.7. The minimum Gasteiger partial charge on any atom is -0.348 e. The molecule has 0 heterocycles. The van der Waals surface area contributed by atoms with Gasteiger partial charge in [-0.2, -0.15) is 4.31 Å². The van der Waals surface area contributed by atoms with Crippen LogP contribution in [-0.2, 0) is 14.8 Å². The summed E-state index contributed by atoms with van der Waals surface area (Å²) in [7, 11) is -2.11. The summed E-state index contributed by atoms with van der Waals surface area (Å²) in [6.45, 7) is 5.92. The van der Waals surface area contributed by atoms with Gasteiger partial charge in [0.1, 0.15) is 6.04 Å². The summed E-state index contributed by atoms with van der Waals surface area (Å²) in [6.07, 6.45) is 1.10. The number of rotatable bonds is 6. The highest BCUT2D eigenvalue weighted by Crippen LogP contribution is 2.24. The molecule has 0 aliphatic carbocycles. The van der Waals surface area contributed by atoms with Crippen LogP contribution in [0.25, 0.3) is 0 Å². The zero-order valence-electron chi connectivity index (χ0n) is 15.9. The molecule has 0 aromatic heterocycles. The number of benzene rings is 2. The number of hydrogen-bond acceptors (Lipinski definition) is 3. The lowest BCUT2D eigenvalue weighted by Crippen LogP contribution is -2.42. The number of amides is 1. The molecular weight excluding hydrogens is 348 g/mol. The Morgan fingerprint density at radius 3 is 2.23 bits per heavy atom. The third-order valence-electron chi connectivity index (χ3n) is 4.50. The van der Waals surface area contributed by atoms with E-state index >= 15 is 0 Å². The maximum Gasteiger partial charge on any atom is 0.243 e. The summed E-state index contributed by atoms with van der Waals surface area (Å²) in [5.41, 5.74) is 3.89. The van der Waals surface area contributed by atoms with Crippen LogP contribution in [0.2, 0.25) is 0 Å². The van der Waals surface area contributed by atoms with Crippen LogP contribution in [-0.4, -0.2) is 31.9 Å². The molecule has 0 aliphatic heterocycles. The molecule has 0 saturated heterocycles. The molecule has 0 bridgehead atoms. The van der Waals surface area contributed by atoms with E-state index in [0.717, 1.165) is 27.3 Å². The van der Waals surface area contributed by atoms with Crippen molar-refractivity contribution >= 4 is 15.9 Å². The topological polar surface area (TPSA) is 66.5 Å². The van der Waals surface area contributed by atoms with Crippen molar-refractivity contribution in [1.29, 1.82) is 0 Å². The van der Waals surface area contributed by atoms with Gasteiger partial charge in [0.05, 0.1) is 12.3 Å². The monoisotopic (exact) mass is 374 g/mol. The second-order valence-electron chi connectivity index (χ2n) is 6.68. The summed E-state index contributed by atoms with van der Waals surface area (Å²) in [4.78, 5) is 13.0. The number of hydrogen-bond donors (Lipinski definition) is 1. The van der Waals surface area contributed by atoms with Crippen molar-refractivity contribution in [1.82, 2.24) is 9.62 Å². The lowest BCUT2D eigenvalue weighted by atomic mass is 9.99. The minimum atomic E-state index is -3.54. The van der Waals surface area contributed by atoms with Crippen molar-refractivity contribution in [2.24, 2.45) is 0 Å². The summed E-state index contributed by atoms with van der Waals surface area (Å²) < 4.78 is 25.2. The first-order chi connectivity index (χ1) is 12.1. The van der Waals surface area contributed by atoms with Gasteiger partial charge in [-0.05, 0) is 37.5 Å². The van der Waals surface area contributed by atoms with Crippen molar-refractivity contribution in [3.05, 3.63) is 70.8 Å². The van der Waals surface area contributed by atoms with Gasteiger partial charge in [0.15, 0.2) is 0 Å². The third-order valence-corrected chi connectivity index (χ3v) is 5.76. The van der Waals surface area contributed by atoms with E-state index in [1.54, 1.807) is 24.3 Å². The molecule has 6 heteroatoms. The molecule has 2 aromatic rings. The standard InChI is InChI=1S/C20H26N2O3S/c1-14-11-12-18(15(2)13-14)16(3)21-20(23)19(22(4)26(5,24)25)17-9-7-6-8-10-17/h6-13,16,19H,1-5H3,(H,21,23)/t16-,19-/m0/s1. The largest absolute Gasteiger partial charge is 0.348 e. The van der Waals surface area contributed by atoms with Crippen LogP contribution in [0.1, 0.15) is 41.3 Å². The number of carbonyl (C=O) groups excluding carboxylic acids is 1. The van der Waals surface area contributed by atoms with Crippen LogP contribution in [0.5, 0.6) is 0 Å². The van der Waals surface area contributed by atoms with Gasteiger partial charge in [0, 0.05) is 7.05 Å². The molecule has 26 heavy (non-hydrogen) atoms. The molecule has 0 unspecified atom stereocenters. The number of nitrogens with zero attached hydrogens (tertiary/aromatic N) is 1. The molecule has 1 amide bonds. The molecule has 2 rings (SSSR count). The van der Waals surface area contributed by atoms with E-state index in [-0.39, 0.29) is 11.9 Å². The highest BCUT2D eigenvalue weighted by atomic mass is 32.2. The summed E-state index contributed by atoms with van der Waals surface area (Å²) in [6, 6.07) is 13.8. The maximum atomic E-state index is 13.0. The summed E-state index contributed by atoms with van der Waals surface area (Å²) >= 11 is 0. The fourth-order valence-electron chi connectivity index (χ4n) is 3.03. The van der Waals surface area contributed by atoms with Crippen LogP contribution in [0.3, 0.4) is 0 Å². The molecule has 0 aliphatic rings. The molecular formula is C20H26N2O3S. The first kappa shape index (κ1) is 20.1. The van der Waals surface area contributed by atoms with E-state index in [1.807, 2.05) is 39.0 Å². The van der Waals surface area contributed by atoms with Gasteiger partial charge < -0.3 is 5.32 Å². The fourth-order valence-corrected chi connectivity index (χ4v) is 3.64. The highest BCUT2D eigenvalue weighted by molar-refractivity contribution is 7.88. The molecule has 1 N–H and O–H groups in total. The molecule has 2 aromatic carbocycles. The number of likely N-dealkylation sites (N-methyl/N-ethyl adjacent to an activating group) is 1. The molecule has 0 fully saturated rings. The second-order valence-corrected chi connectivity index (χ2v) is 8.72. The Labute approximate surface area is 156 Å². The smallest absolute Gasteiger partial charge is 0.243 e. The van der Waals surface area contributed by atoms with Gasteiger partial charge in [-0.3, -0.25) is 4.79 Å². The SMILES string of the molecule is Cc1ccc([C@H](C)NC(=O)[C@H](c2ccccc2)N(C)S(C)(=O)=O)c(C)c1. The Balaban J connectivity index is 2.32. The zero-order chi connectivity index (χ0) is 19.5. The van der Waals surface area contributed by atoms with E-state index in [2.05, 4.69) is 11.4 Å². The van der Waals surface area contributed by atoms with Gasteiger partial charge in [-0.1, -0.05) is 54.1 Å². The van der Waals surface area contributed by atoms with E-state index in [4.69, 9.17) is 0 Å². The van der Waals surface area contributed by atoms with Gasteiger partial charge in [0.25, 0.3) is 0 Å². The van der Waals surface area contributed by atoms with Crippen LogP contribution in [0.4, 0.5) is 0 Å². The Kier molecular flexibility index (Phi) is 6.21. The number of aryl methyl sites for hydroxylation is 2. The van der Waals surface area contributed by atoms with E-state index in [9.17, 15) is 13.2 Å². The molecule has 0 spiro atoms. The Morgan fingerprint density at radius 2 is 1.69 bits per heavy atom. The van der Waals surface area contributed by atoms with Crippen molar-refractivity contribution in [2.45, 2.75) is 32.9 Å². The minimum absolute atomic E-state index is 0.234. The van der Waals surface area contributed by atoms with Crippen molar-refractivity contribution in [2.75, 3.05) is 13.3 Å². The van der Waals surface area contributed by atoms with Gasteiger partial charge in [-0.15, -0.1) is 0 Å². The number of nitrogens with one attached hydrogen (secondary N) is 1. The number of carbonyl (C=O) groups is 1. The Morgan fingerprint density at radius 1 is 1.08 bits per heavy atom.